The lowest BCUT2D eigenvalue weighted by Gasteiger charge is -2.26. The number of carbonyl (C=O) groups excluding carboxylic acids is 1. The Morgan fingerprint density at radius 2 is 2.21 bits per heavy atom. The van der Waals surface area contributed by atoms with Crippen LogP contribution in [0.5, 0.6) is 0 Å². The number of nitrogens with zero attached hydrogens (tertiary/aromatic N) is 1. The highest BCUT2D eigenvalue weighted by Crippen LogP contribution is 2.21. The second kappa shape index (κ2) is 6.62. The van der Waals surface area contributed by atoms with Gasteiger partial charge in [0.05, 0.1) is 12.2 Å². The first-order valence-electron chi connectivity index (χ1n) is 6.56. The maximum Gasteiger partial charge on any atom is 0.335 e. The molecule has 0 saturated carbocycles. The van der Waals surface area contributed by atoms with Gasteiger partial charge in [-0.15, -0.1) is 0 Å². The van der Waals surface area contributed by atoms with Crippen molar-refractivity contribution in [1.29, 1.82) is 0 Å². The summed E-state index contributed by atoms with van der Waals surface area (Å²) in [6, 6.07) is 7.79. The molecule has 0 amide bonds. The van der Waals surface area contributed by atoms with Crippen molar-refractivity contribution in [2.24, 2.45) is 0 Å². The van der Waals surface area contributed by atoms with Crippen molar-refractivity contribution in [3.8, 4) is 0 Å². The maximum atomic E-state index is 11.7. The normalized spacial score (nSPS) is 15.1. The highest BCUT2D eigenvalue weighted by atomic mass is 35.5. The van der Waals surface area contributed by atoms with E-state index in [1.165, 1.54) is 0 Å². The number of hydrogen-bond acceptors (Lipinski definition) is 3. The predicted molar refractivity (Wildman–Crippen MR) is 75.8 cm³/mol. The lowest BCUT2D eigenvalue weighted by atomic mass is 10.1. The molecule has 0 saturated heterocycles. The minimum atomic E-state index is -0.202. The Labute approximate surface area is 118 Å². The van der Waals surface area contributed by atoms with E-state index in [4.69, 9.17) is 16.3 Å². The standard InChI is InChI=1S/C15H18ClNO2/c1-2-19-15(18)13-7-5-9-17(11-13)10-12-6-3-4-8-14(12)16/h3-4,6,8,11H,2,5,7,9-10H2,1H3. The summed E-state index contributed by atoms with van der Waals surface area (Å²) in [5.41, 5.74) is 1.82. The summed E-state index contributed by atoms with van der Waals surface area (Å²) >= 11 is 6.15. The van der Waals surface area contributed by atoms with Gasteiger partial charge in [0.15, 0.2) is 0 Å². The van der Waals surface area contributed by atoms with Gasteiger partial charge in [-0.1, -0.05) is 29.8 Å². The Balaban J connectivity index is 2.07. The van der Waals surface area contributed by atoms with E-state index in [0.29, 0.717) is 6.61 Å². The Kier molecular flexibility index (Phi) is 4.86. The van der Waals surface area contributed by atoms with E-state index >= 15 is 0 Å². The third-order valence-electron chi connectivity index (χ3n) is 3.10. The second-order valence-electron chi connectivity index (χ2n) is 4.54. The number of ether oxygens (including phenoxy) is 1. The van der Waals surface area contributed by atoms with Gasteiger partial charge in [-0.2, -0.15) is 0 Å². The fourth-order valence-electron chi connectivity index (χ4n) is 2.17. The highest BCUT2D eigenvalue weighted by molar-refractivity contribution is 6.31. The van der Waals surface area contributed by atoms with E-state index in [1.54, 1.807) is 0 Å². The SMILES string of the molecule is CCOC(=O)C1=CN(Cc2ccccc2Cl)CCC1. The van der Waals surface area contributed by atoms with Crippen LogP contribution in [0.2, 0.25) is 5.02 Å². The zero-order valence-corrected chi connectivity index (χ0v) is 11.8. The predicted octanol–water partition coefficient (Wildman–Crippen LogP) is 3.38. The number of carbonyl (C=O) groups is 1. The molecule has 102 valence electrons. The molecule has 3 nitrogen and oxygen atoms in total. The van der Waals surface area contributed by atoms with Gasteiger partial charge in [0, 0.05) is 24.3 Å². The van der Waals surface area contributed by atoms with Gasteiger partial charge in [0.2, 0.25) is 0 Å². The summed E-state index contributed by atoms with van der Waals surface area (Å²) in [5.74, 6) is -0.202. The molecule has 1 aliphatic rings. The largest absolute Gasteiger partial charge is 0.463 e. The van der Waals surface area contributed by atoms with E-state index in [0.717, 1.165) is 42.1 Å². The average Bonchev–Trinajstić information content (AvgIpc) is 2.42. The van der Waals surface area contributed by atoms with Crippen LogP contribution in [0.3, 0.4) is 0 Å². The first kappa shape index (κ1) is 13.9. The van der Waals surface area contributed by atoms with Gasteiger partial charge in [0.1, 0.15) is 0 Å². The molecule has 4 heteroatoms. The van der Waals surface area contributed by atoms with Crippen LogP contribution in [0, 0.1) is 0 Å². The minimum Gasteiger partial charge on any atom is -0.463 e. The van der Waals surface area contributed by atoms with E-state index in [2.05, 4.69) is 4.90 Å². The summed E-state index contributed by atoms with van der Waals surface area (Å²) in [6.07, 6.45) is 3.66. The molecule has 0 spiro atoms. The molecular weight excluding hydrogens is 262 g/mol. The number of halogens is 1. The van der Waals surface area contributed by atoms with Gasteiger partial charge >= 0.3 is 5.97 Å². The topological polar surface area (TPSA) is 29.5 Å². The van der Waals surface area contributed by atoms with Crippen LogP contribution < -0.4 is 0 Å². The van der Waals surface area contributed by atoms with E-state index < -0.39 is 0 Å². The molecule has 0 bridgehead atoms. The molecule has 0 fully saturated rings. The fraction of sp³-hybridized carbons (Fsp3) is 0.400. The monoisotopic (exact) mass is 279 g/mol. The molecule has 1 aliphatic heterocycles. The Bertz CT molecular complexity index is 485. The fourth-order valence-corrected chi connectivity index (χ4v) is 2.37. The van der Waals surface area contributed by atoms with Crippen molar-refractivity contribution in [3.05, 3.63) is 46.6 Å². The Morgan fingerprint density at radius 1 is 1.42 bits per heavy atom. The molecule has 1 aromatic rings. The van der Waals surface area contributed by atoms with Crippen LogP contribution in [0.4, 0.5) is 0 Å². The van der Waals surface area contributed by atoms with Crippen LogP contribution in [0.15, 0.2) is 36.0 Å². The van der Waals surface area contributed by atoms with Crippen LogP contribution in [0.25, 0.3) is 0 Å². The third-order valence-corrected chi connectivity index (χ3v) is 3.47. The number of hydrogen-bond donors (Lipinski definition) is 0. The highest BCUT2D eigenvalue weighted by Gasteiger charge is 2.17. The minimum absolute atomic E-state index is 0.202. The van der Waals surface area contributed by atoms with Gasteiger partial charge in [-0.05, 0) is 31.4 Å². The molecule has 2 rings (SSSR count). The molecule has 1 aromatic carbocycles. The molecule has 0 unspecified atom stereocenters. The Morgan fingerprint density at radius 3 is 2.95 bits per heavy atom. The van der Waals surface area contributed by atoms with Gasteiger partial charge in [-0.25, -0.2) is 4.79 Å². The Hall–Kier alpha value is -1.48. The average molecular weight is 280 g/mol. The van der Waals surface area contributed by atoms with Crippen LogP contribution in [-0.2, 0) is 16.1 Å². The molecule has 0 atom stereocenters. The van der Waals surface area contributed by atoms with Crippen molar-refractivity contribution in [3.63, 3.8) is 0 Å². The van der Waals surface area contributed by atoms with Gasteiger partial charge < -0.3 is 9.64 Å². The lowest BCUT2D eigenvalue weighted by Crippen LogP contribution is -2.25. The number of rotatable bonds is 4. The molecule has 0 aromatic heterocycles. The van der Waals surface area contributed by atoms with E-state index in [9.17, 15) is 4.79 Å². The summed E-state index contributed by atoms with van der Waals surface area (Å²) < 4.78 is 5.04. The number of esters is 1. The molecule has 19 heavy (non-hydrogen) atoms. The summed E-state index contributed by atoms with van der Waals surface area (Å²) in [4.78, 5) is 13.8. The maximum absolute atomic E-state index is 11.7. The third kappa shape index (κ3) is 3.74. The van der Waals surface area contributed by atoms with E-state index in [1.807, 2.05) is 37.4 Å². The second-order valence-corrected chi connectivity index (χ2v) is 4.95. The summed E-state index contributed by atoms with van der Waals surface area (Å²) in [7, 11) is 0. The smallest absolute Gasteiger partial charge is 0.335 e. The van der Waals surface area contributed by atoms with Gasteiger partial charge in [-0.3, -0.25) is 0 Å². The quantitative estimate of drug-likeness (QED) is 0.792. The molecule has 1 heterocycles. The van der Waals surface area contributed by atoms with Crippen molar-refractivity contribution in [2.45, 2.75) is 26.3 Å². The van der Waals surface area contributed by atoms with Crippen molar-refractivity contribution < 1.29 is 9.53 Å². The summed E-state index contributed by atoms with van der Waals surface area (Å²) in [5, 5.41) is 0.763. The van der Waals surface area contributed by atoms with Gasteiger partial charge in [0.25, 0.3) is 0 Å². The molecule has 0 N–H and O–H groups in total. The first-order chi connectivity index (χ1) is 9.20. The lowest BCUT2D eigenvalue weighted by molar-refractivity contribution is -0.138. The number of benzene rings is 1. The van der Waals surface area contributed by atoms with Crippen molar-refractivity contribution >= 4 is 17.6 Å². The molecule has 0 radical (unpaired) electrons. The molecular formula is C15H18ClNO2. The van der Waals surface area contributed by atoms with Crippen LogP contribution in [-0.4, -0.2) is 24.0 Å². The zero-order chi connectivity index (χ0) is 13.7. The van der Waals surface area contributed by atoms with Crippen molar-refractivity contribution in [1.82, 2.24) is 4.90 Å². The van der Waals surface area contributed by atoms with Crippen LogP contribution in [0.1, 0.15) is 25.3 Å². The van der Waals surface area contributed by atoms with Crippen molar-refractivity contribution in [2.75, 3.05) is 13.2 Å². The van der Waals surface area contributed by atoms with E-state index in [-0.39, 0.29) is 5.97 Å². The molecule has 0 aliphatic carbocycles. The van der Waals surface area contributed by atoms with Crippen LogP contribution >= 0.6 is 11.6 Å². The zero-order valence-electron chi connectivity index (χ0n) is 11.1. The first-order valence-corrected chi connectivity index (χ1v) is 6.93. The summed E-state index contributed by atoms with van der Waals surface area (Å²) in [6.45, 7) is 3.90.